The van der Waals surface area contributed by atoms with Crippen LogP contribution in [0.4, 0.5) is 0 Å². The lowest BCUT2D eigenvalue weighted by atomic mass is 9.51. The average molecular weight is 367 g/mol. The van der Waals surface area contributed by atoms with Crippen molar-refractivity contribution in [3.05, 3.63) is 23.3 Å². The van der Waals surface area contributed by atoms with Crippen LogP contribution < -0.4 is 4.74 Å². The molecule has 2 heterocycles. The third kappa shape index (κ3) is 1.99. The second-order valence-corrected chi connectivity index (χ2v) is 8.82. The van der Waals surface area contributed by atoms with Crippen molar-refractivity contribution in [2.75, 3.05) is 13.6 Å². The Balaban J connectivity index is 1.70. The van der Waals surface area contributed by atoms with E-state index in [4.69, 9.17) is 8.92 Å². The molecular formula is C17H21NO6S. The topological polar surface area (TPSA) is 96.3 Å². The number of phenolic OH excluding ortho intramolecular Hbond substituents is 1. The Morgan fingerprint density at radius 2 is 2.16 bits per heavy atom. The predicted octanol–water partition coefficient (Wildman–Crippen LogP) is 1.25. The van der Waals surface area contributed by atoms with Gasteiger partial charge < -0.3 is 14.7 Å². The van der Waals surface area contributed by atoms with Gasteiger partial charge in [-0.1, -0.05) is 6.07 Å². The van der Waals surface area contributed by atoms with E-state index < -0.39 is 22.6 Å². The number of ether oxygens (including phenoxy) is 1. The standard InChI is InChI=1S/C17H21NO6S/c1-18-7-6-17-10-3-5-13(24-25(20,21)22)16(17)23-15-12(19)4-2-9(14(15)17)8-11(10)18/h2,4,10-11,13,16,19H,3,5-8H2,1H3,(H,20,21,22). The minimum atomic E-state index is -4.56. The van der Waals surface area contributed by atoms with Gasteiger partial charge in [0.2, 0.25) is 0 Å². The Hall–Kier alpha value is -1.35. The van der Waals surface area contributed by atoms with Gasteiger partial charge in [-0.15, -0.1) is 0 Å². The molecule has 2 fully saturated rings. The molecule has 2 aliphatic carbocycles. The van der Waals surface area contributed by atoms with Crippen molar-refractivity contribution in [1.29, 1.82) is 0 Å². The van der Waals surface area contributed by atoms with Crippen molar-refractivity contribution in [3.8, 4) is 11.5 Å². The van der Waals surface area contributed by atoms with E-state index in [-0.39, 0.29) is 11.2 Å². The highest BCUT2D eigenvalue weighted by Gasteiger charge is 2.66. The molecule has 136 valence electrons. The first-order chi connectivity index (χ1) is 11.8. The molecule has 8 heteroatoms. The fraction of sp³-hybridized carbons (Fsp3) is 0.647. The maximum absolute atomic E-state index is 11.3. The highest BCUT2D eigenvalue weighted by molar-refractivity contribution is 7.80. The van der Waals surface area contributed by atoms with Crippen LogP contribution in [0.1, 0.15) is 30.4 Å². The lowest BCUT2D eigenvalue weighted by Crippen LogP contribution is -2.66. The monoisotopic (exact) mass is 367 g/mol. The van der Waals surface area contributed by atoms with Gasteiger partial charge in [0, 0.05) is 17.0 Å². The van der Waals surface area contributed by atoms with Gasteiger partial charge in [-0.25, -0.2) is 4.18 Å². The minimum absolute atomic E-state index is 0.0873. The molecule has 5 unspecified atom stereocenters. The number of benzene rings is 1. The molecule has 0 radical (unpaired) electrons. The Labute approximate surface area is 146 Å². The zero-order valence-electron chi connectivity index (χ0n) is 13.9. The quantitative estimate of drug-likeness (QED) is 0.760. The predicted molar refractivity (Wildman–Crippen MR) is 88.1 cm³/mol. The number of nitrogens with zero attached hydrogens (tertiary/aromatic N) is 1. The summed E-state index contributed by atoms with van der Waals surface area (Å²) in [5.41, 5.74) is 1.85. The van der Waals surface area contributed by atoms with Crippen molar-refractivity contribution in [2.45, 2.75) is 49.3 Å². The normalized spacial score (nSPS) is 39.0. The number of likely N-dealkylation sites (tertiary alicyclic amines) is 1. The van der Waals surface area contributed by atoms with Crippen molar-refractivity contribution in [2.24, 2.45) is 5.92 Å². The summed E-state index contributed by atoms with van der Waals surface area (Å²) in [6.07, 6.45) is 1.80. The van der Waals surface area contributed by atoms with Crippen LogP contribution in [-0.4, -0.2) is 54.8 Å². The number of aromatic hydroxyl groups is 1. The van der Waals surface area contributed by atoms with Crippen LogP contribution in [-0.2, 0) is 26.4 Å². The van der Waals surface area contributed by atoms with E-state index in [0.717, 1.165) is 36.9 Å². The van der Waals surface area contributed by atoms with Gasteiger partial charge in [0.05, 0.1) is 0 Å². The lowest BCUT2D eigenvalue weighted by Gasteiger charge is -2.58. The van der Waals surface area contributed by atoms with Gasteiger partial charge >= 0.3 is 10.4 Å². The molecule has 2 bridgehead atoms. The van der Waals surface area contributed by atoms with Crippen LogP contribution in [0.15, 0.2) is 12.1 Å². The molecule has 1 spiro atoms. The Bertz CT molecular complexity index is 855. The van der Waals surface area contributed by atoms with E-state index in [1.165, 1.54) is 0 Å². The summed E-state index contributed by atoms with van der Waals surface area (Å²) >= 11 is 0. The van der Waals surface area contributed by atoms with E-state index in [1.54, 1.807) is 6.07 Å². The summed E-state index contributed by atoms with van der Waals surface area (Å²) in [6.45, 7) is 0.883. The van der Waals surface area contributed by atoms with Crippen molar-refractivity contribution in [3.63, 3.8) is 0 Å². The van der Waals surface area contributed by atoms with E-state index in [0.29, 0.717) is 24.1 Å². The molecule has 1 aromatic carbocycles. The summed E-state index contributed by atoms with van der Waals surface area (Å²) in [5.74, 6) is 0.888. The average Bonchev–Trinajstić information content (AvgIpc) is 2.88. The summed E-state index contributed by atoms with van der Waals surface area (Å²) < 4.78 is 43.0. The molecule has 5 atom stereocenters. The molecule has 1 aromatic rings. The van der Waals surface area contributed by atoms with Crippen LogP contribution in [0.2, 0.25) is 0 Å². The molecule has 1 saturated heterocycles. The van der Waals surface area contributed by atoms with Crippen molar-refractivity contribution < 1.29 is 27.0 Å². The zero-order valence-corrected chi connectivity index (χ0v) is 14.7. The maximum atomic E-state index is 11.3. The second-order valence-electron chi connectivity index (χ2n) is 7.78. The van der Waals surface area contributed by atoms with Crippen LogP contribution in [0.5, 0.6) is 11.5 Å². The van der Waals surface area contributed by atoms with Crippen molar-refractivity contribution >= 4 is 10.4 Å². The summed E-state index contributed by atoms with van der Waals surface area (Å²) in [5, 5.41) is 10.3. The third-order valence-electron chi connectivity index (χ3n) is 6.79. The fourth-order valence-electron chi connectivity index (χ4n) is 5.94. The molecule has 0 amide bonds. The Morgan fingerprint density at radius 3 is 2.92 bits per heavy atom. The van der Waals surface area contributed by atoms with E-state index in [2.05, 4.69) is 11.9 Å². The zero-order chi connectivity index (χ0) is 17.6. The Kier molecular flexibility index (Phi) is 3.10. The smallest absolute Gasteiger partial charge is 0.397 e. The molecule has 4 aliphatic rings. The molecule has 1 saturated carbocycles. The van der Waals surface area contributed by atoms with E-state index in [9.17, 15) is 18.1 Å². The van der Waals surface area contributed by atoms with Gasteiger partial charge in [0.15, 0.2) is 11.5 Å². The van der Waals surface area contributed by atoms with Gasteiger partial charge in [0.1, 0.15) is 12.2 Å². The number of hydrogen-bond donors (Lipinski definition) is 2. The molecule has 0 aromatic heterocycles. The molecule has 5 rings (SSSR count). The molecule has 7 nitrogen and oxygen atoms in total. The minimum Gasteiger partial charge on any atom is -0.504 e. The summed E-state index contributed by atoms with van der Waals surface area (Å²) in [6, 6.07) is 3.98. The van der Waals surface area contributed by atoms with Gasteiger partial charge in [-0.05, 0) is 56.8 Å². The van der Waals surface area contributed by atoms with Crippen molar-refractivity contribution in [1.82, 2.24) is 4.90 Å². The first kappa shape index (κ1) is 15.9. The summed E-state index contributed by atoms with van der Waals surface area (Å²) in [4.78, 5) is 2.38. The third-order valence-corrected chi connectivity index (χ3v) is 7.28. The number of hydrogen-bond acceptors (Lipinski definition) is 6. The SMILES string of the molecule is CN1CCC23c4c5ccc(O)c4OC2C(OS(=O)(=O)O)CCC3C1C5. The number of rotatable bonds is 2. The highest BCUT2D eigenvalue weighted by atomic mass is 32.3. The second kappa shape index (κ2) is 4.88. The van der Waals surface area contributed by atoms with Gasteiger partial charge in [0.25, 0.3) is 0 Å². The molecular weight excluding hydrogens is 346 g/mol. The van der Waals surface area contributed by atoms with Gasteiger partial charge in [-0.3, -0.25) is 4.55 Å². The van der Waals surface area contributed by atoms with Gasteiger partial charge in [-0.2, -0.15) is 8.42 Å². The highest BCUT2D eigenvalue weighted by Crippen LogP contribution is 2.63. The van der Waals surface area contributed by atoms with E-state index >= 15 is 0 Å². The van der Waals surface area contributed by atoms with Crippen LogP contribution in [0.3, 0.4) is 0 Å². The van der Waals surface area contributed by atoms with Crippen LogP contribution >= 0.6 is 0 Å². The number of likely N-dealkylation sites (N-methyl/N-ethyl adjacent to an activating group) is 1. The largest absolute Gasteiger partial charge is 0.504 e. The lowest BCUT2D eigenvalue weighted by molar-refractivity contribution is -0.0918. The van der Waals surface area contributed by atoms with Crippen LogP contribution in [0.25, 0.3) is 0 Å². The first-order valence-corrected chi connectivity index (χ1v) is 10.1. The number of piperidine rings is 1. The van der Waals surface area contributed by atoms with Crippen LogP contribution in [0, 0.1) is 5.92 Å². The fourth-order valence-corrected chi connectivity index (χ4v) is 6.45. The van der Waals surface area contributed by atoms with E-state index in [1.807, 2.05) is 6.07 Å². The Morgan fingerprint density at radius 1 is 1.36 bits per heavy atom. The number of phenols is 1. The molecule has 2 aliphatic heterocycles. The molecule has 25 heavy (non-hydrogen) atoms. The first-order valence-electron chi connectivity index (χ1n) is 8.69. The summed E-state index contributed by atoms with van der Waals surface area (Å²) in [7, 11) is -2.43. The maximum Gasteiger partial charge on any atom is 0.397 e. The molecule has 2 N–H and O–H groups in total.